The monoisotopic (exact) mass is 540 g/mol. The summed E-state index contributed by atoms with van der Waals surface area (Å²) in [6.45, 7) is 6.07. The first kappa shape index (κ1) is 26.6. The number of aryl methyl sites for hydroxylation is 2. The van der Waals surface area contributed by atoms with E-state index in [9.17, 15) is 9.59 Å². The summed E-state index contributed by atoms with van der Waals surface area (Å²) >= 11 is 1.60. The van der Waals surface area contributed by atoms with Gasteiger partial charge >= 0.3 is 5.97 Å². The molecule has 0 saturated carbocycles. The molecule has 0 saturated heterocycles. The molecule has 0 radical (unpaired) electrons. The third kappa shape index (κ3) is 6.20. The lowest BCUT2D eigenvalue weighted by molar-refractivity contribution is 0.0377. The average molecular weight is 541 g/mol. The fourth-order valence-electron chi connectivity index (χ4n) is 4.78. The first-order valence-electron chi connectivity index (χ1n) is 13.3. The van der Waals surface area contributed by atoms with E-state index in [4.69, 9.17) is 14.1 Å². The number of rotatable bonds is 8. The molecule has 0 atom stereocenters. The van der Waals surface area contributed by atoms with Gasteiger partial charge in [-0.15, -0.1) is 11.3 Å². The van der Waals surface area contributed by atoms with E-state index >= 15 is 0 Å². The molecule has 39 heavy (non-hydrogen) atoms. The van der Waals surface area contributed by atoms with Crippen LogP contribution < -0.4 is 5.32 Å². The van der Waals surface area contributed by atoms with E-state index in [1.165, 1.54) is 4.88 Å². The molecule has 5 rings (SSSR count). The summed E-state index contributed by atoms with van der Waals surface area (Å²) in [6.07, 6.45) is 5.61. The number of ether oxygens (including phenoxy) is 1. The van der Waals surface area contributed by atoms with Crippen LogP contribution in [0.5, 0.6) is 0 Å². The SMILES string of the molecule is Cc1cc(C(=O)OC(C)C)ccc1-c1ccc(C=Nc2sc3c(c2C(=O)NCc2ccccc2)CCCC3)o1. The molecule has 6 nitrogen and oxygen atoms in total. The van der Waals surface area contributed by atoms with Crippen molar-refractivity contribution < 1.29 is 18.7 Å². The predicted octanol–water partition coefficient (Wildman–Crippen LogP) is 7.44. The van der Waals surface area contributed by atoms with E-state index in [-0.39, 0.29) is 18.0 Å². The van der Waals surface area contributed by atoms with Gasteiger partial charge in [0.05, 0.1) is 23.4 Å². The van der Waals surface area contributed by atoms with Gasteiger partial charge < -0.3 is 14.5 Å². The highest BCUT2D eigenvalue weighted by atomic mass is 32.1. The molecule has 4 aromatic rings. The zero-order valence-electron chi connectivity index (χ0n) is 22.5. The topological polar surface area (TPSA) is 80.9 Å². The second-order valence-electron chi connectivity index (χ2n) is 10.0. The van der Waals surface area contributed by atoms with Crippen LogP contribution in [0.3, 0.4) is 0 Å². The summed E-state index contributed by atoms with van der Waals surface area (Å²) in [5.74, 6) is 0.852. The van der Waals surface area contributed by atoms with Crippen molar-refractivity contribution in [3.8, 4) is 11.3 Å². The van der Waals surface area contributed by atoms with E-state index in [1.807, 2.05) is 75.4 Å². The van der Waals surface area contributed by atoms with Crippen molar-refractivity contribution in [2.24, 2.45) is 4.99 Å². The van der Waals surface area contributed by atoms with Crippen molar-refractivity contribution in [2.75, 3.05) is 0 Å². The molecule has 0 aliphatic heterocycles. The number of amides is 1. The Labute approximate surface area is 232 Å². The highest BCUT2D eigenvalue weighted by molar-refractivity contribution is 7.16. The quantitative estimate of drug-likeness (QED) is 0.186. The van der Waals surface area contributed by atoms with Gasteiger partial charge in [0.2, 0.25) is 0 Å². The Kier molecular flexibility index (Phi) is 8.07. The van der Waals surface area contributed by atoms with E-state index < -0.39 is 0 Å². The summed E-state index contributed by atoms with van der Waals surface area (Å²) in [6, 6.07) is 19.1. The van der Waals surface area contributed by atoms with Crippen LogP contribution in [-0.2, 0) is 24.1 Å². The molecule has 0 unspecified atom stereocenters. The van der Waals surface area contributed by atoms with Gasteiger partial charge in [-0.2, -0.15) is 0 Å². The number of carbonyl (C=O) groups excluding carboxylic acids is 2. The van der Waals surface area contributed by atoms with Gasteiger partial charge in [0.25, 0.3) is 5.91 Å². The Morgan fingerprint density at radius 1 is 1.08 bits per heavy atom. The summed E-state index contributed by atoms with van der Waals surface area (Å²) in [7, 11) is 0. The maximum atomic E-state index is 13.3. The number of thiophene rings is 1. The number of nitrogens with one attached hydrogen (secondary N) is 1. The van der Waals surface area contributed by atoms with Gasteiger partial charge in [0, 0.05) is 17.0 Å². The largest absolute Gasteiger partial charge is 0.459 e. The molecule has 2 aromatic heterocycles. The number of carbonyl (C=O) groups is 2. The van der Waals surface area contributed by atoms with Crippen molar-refractivity contribution in [1.82, 2.24) is 5.32 Å². The zero-order valence-corrected chi connectivity index (χ0v) is 23.3. The second kappa shape index (κ2) is 11.8. The van der Waals surface area contributed by atoms with Crippen LogP contribution in [-0.4, -0.2) is 24.2 Å². The Morgan fingerprint density at radius 3 is 2.64 bits per heavy atom. The number of fused-ring (bicyclic) bond motifs is 1. The predicted molar refractivity (Wildman–Crippen MR) is 155 cm³/mol. The molecule has 0 fully saturated rings. The van der Waals surface area contributed by atoms with E-state index in [2.05, 4.69) is 5.32 Å². The van der Waals surface area contributed by atoms with Gasteiger partial charge in [-0.1, -0.05) is 36.4 Å². The van der Waals surface area contributed by atoms with Crippen LogP contribution in [0.2, 0.25) is 0 Å². The molecule has 200 valence electrons. The number of esters is 1. The number of benzene rings is 2. The minimum atomic E-state index is -0.339. The molecule has 1 aliphatic carbocycles. The first-order valence-corrected chi connectivity index (χ1v) is 14.1. The van der Waals surface area contributed by atoms with Crippen molar-refractivity contribution in [3.05, 3.63) is 99.1 Å². The number of aliphatic imine (C=N–C) groups is 1. The summed E-state index contributed by atoms with van der Waals surface area (Å²) < 4.78 is 11.4. The maximum Gasteiger partial charge on any atom is 0.338 e. The molecule has 1 aliphatic rings. The smallest absolute Gasteiger partial charge is 0.338 e. The van der Waals surface area contributed by atoms with E-state index in [0.29, 0.717) is 29.2 Å². The summed E-state index contributed by atoms with van der Waals surface area (Å²) in [4.78, 5) is 31.5. The maximum absolute atomic E-state index is 13.3. The number of hydrogen-bond donors (Lipinski definition) is 1. The zero-order chi connectivity index (χ0) is 27.4. The number of furan rings is 1. The molecule has 2 heterocycles. The molecule has 7 heteroatoms. The second-order valence-corrected chi connectivity index (χ2v) is 11.1. The number of hydrogen-bond acceptors (Lipinski definition) is 6. The fraction of sp³-hybridized carbons (Fsp3) is 0.281. The van der Waals surface area contributed by atoms with Crippen molar-refractivity contribution in [1.29, 1.82) is 0 Å². The average Bonchev–Trinajstić information content (AvgIpc) is 3.55. The molecule has 0 bridgehead atoms. The molecule has 0 spiro atoms. The standard InChI is InChI=1S/C32H32N2O4S/c1-20(2)37-32(36)23-13-15-25(21(3)17-23)27-16-14-24(38-27)19-34-31-29(26-11-7-8-12-28(26)39-31)30(35)33-18-22-9-5-4-6-10-22/h4-6,9-10,13-17,19-20H,7-8,11-12,18H2,1-3H3,(H,33,35). The Morgan fingerprint density at radius 2 is 1.87 bits per heavy atom. The number of nitrogens with zero attached hydrogens (tertiary/aromatic N) is 1. The molecule has 1 amide bonds. The third-order valence-corrected chi connectivity index (χ3v) is 7.88. The van der Waals surface area contributed by atoms with Gasteiger partial charge in [0.1, 0.15) is 16.5 Å². The van der Waals surface area contributed by atoms with Crippen molar-refractivity contribution >= 4 is 34.4 Å². The van der Waals surface area contributed by atoms with Gasteiger partial charge in [0.15, 0.2) is 0 Å². The van der Waals surface area contributed by atoms with E-state index in [0.717, 1.165) is 52.9 Å². The Hall–Kier alpha value is -3.97. The van der Waals surface area contributed by atoms with Crippen LogP contribution in [0.4, 0.5) is 5.00 Å². The van der Waals surface area contributed by atoms with Crippen molar-refractivity contribution in [2.45, 2.75) is 59.1 Å². The lowest BCUT2D eigenvalue weighted by Gasteiger charge is -2.12. The molecular formula is C32H32N2O4S. The Bertz CT molecular complexity index is 1510. The lowest BCUT2D eigenvalue weighted by Crippen LogP contribution is -2.24. The minimum Gasteiger partial charge on any atom is -0.459 e. The van der Waals surface area contributed by atoms with Gasteiger partial charge in [-0.05, 0) is 87.4 Å². The van der Waals surface area contributed by atoms with Crippen LogP contribution in [0.15, 0.2) is 70.1 Å². The summed E-state index contributed by atoms with van der Waals surface area (Å²) in [5.41, 5.74) is 5.20. The normalized spacial score (nSPS) is 13.0. The van der Waals surface area contributed by atoms with Crippen molar-refractivity contribution in [3.63, 3.8) is 0 Å². The highest BCUT2D eigenvalue weighted by Crippen LogP contribution is 2.40. The van der Waals surface area contributed by atoms with Crippen LogP contribution in [0.25, 0.3) is 11.3 Å². The lowest BCUT2D eigenvalue weighted by atomic mass is 9.95. The first-order chi connectivity index (χ1) is 18.9. The van der Waals surface area contributed by atoms with E-state index in [1.54, 1.807) is 23.6 Å². The molecule has 1 N–H and O–H groups in total. The van der Waals surface area contributed by atoms with Crippen LogP contribution in [0.1, 0.15) is 74.7 Å². The minimum absolute atomic E-state index is 0.0859. The highest BCUT2D eigenvalue weighted by Gasteiger charge is 2.25. The van der Waals surface area contributed by atoms with Gasteiger partial charge in [-0.25, -0.2) is 9.79 Å². The third-order valence-electron chi connectivity index (χ3n) is 6.68. The van der Waals surface area contributed by atoms with Crippen LogP contribution in [0, 0.1) is 6.92 Å². The van der Waals surface area contributed by atoms with Crippen LogP contribution >= 0.6 is 11.3 Å². The molecule has 2 aromatic carbocycles. The van der Waals surface area contributed by atoms with Gasteiger partial charge in [-0.3, -0.25) is 4.79 Å². The Balaban J connectivity index is 1.35. The fourth-order valence-corrected chi connectivity index (χ4v) is 6.01. The molecular weight excluding hydrogens is 508 g/mol. The summed E-state index contributed by atoms with van der Waals surface area (Å²) in [5, 5.41) is 3.80.